The maximum absolute atomic E-state index is 12.2. The Morgan fingerprint density at radius 3 is 2.46 bits per heavy atom. The lowest BCUT2D eigenvalue weighted by atomic mass is 10.4. The molecule has 0 saturated heterocycles. The molecule has 2 aromatic rings. The van der Waals surface area contributed by atoms with Crippen LogP contribution in [0, 0.1) is 13.8 Å². The molecule has 0 fully saturated rings. The fraction of sp³-hybridized carbons (Fsp3) is 0.412. The highest BCUT2D eigenvalue weighted by molar-refractivity contribution is 14.0. The van der Waals surface area contributed by atoms with E-state index < -0.39 is 9.84 Å². The summed E-state index contributed by atoms with van der Waals surface area (Å²) in [6.07, 6.45) is 0.481. The number of aromatic nitrogens is 1. The minimum absolute atomic E-state index is 0. The van der Waals surface area contributed by atoms with Crippen molar-refractivity contribution in [1.29, 1.82) is 0 Å². The predicted octanol–water partition coefficient (Wildman–Crippen LogP) is 2.44. The molecule has 0 aliphatic rings. The smallest absolute Gasteiger partial charge is 0.214 e. The van der Waals surface area contributed by atoms with Crippen molar-refractivity contribution in [3.8, 4) is 0 Å². The molecule has 0 atom stereocenters. The molecule has 0 amide bonds. The first-order valence-corrected chi connectivity index (χ1v) is 9.73. The van der Waals surface area contributed by atoms with Gasteiger partial charge in [-0.3, -0.25) is 4.99 Å². The number of aliphatic imine (C=N–C) groups is 1. The minimum Gasteiger partial charge on any atom is -0.444 e. The number of oxazole rings is 1. The Balaban J connectivity index is 0.00000338. The van der Waals surface area contributed by atoms with Crippen molar-refractivity contribution in [2.24, 2.45) is 4.99 Å². The van der Waals surface area contributed by atoms with Crippen LogP contribution in [0.1, 0.15) is 23.8 Å². The zero-order chi connectivity index (χ0) is 18.3. The Morgan fingerprint density at radius 1 is 1.19 bits per heavy atom. The summed E-state index contributed by atoms with van der Waals surface area (Å²) in [5.74, 6) is 2.04. The third-order valence-corrected chi connectivity index (χ3v) is 5.50. The van der Waals surface area contributed by atoms with Gasteiger partial charge in [0, 0.05) is 13.6 Å². The summed E-state index contributed by atoms with van der Waals surface area (Å²) in [5.41, 5.74) is 0.867. The number of sulfone groups is 1. The van der Waals surface area contributed by atoms with E-state index in [0.29, 0.717) is 36.3 Å². The molecule has 0 unspecified atom stereocenters. The lowest BCUT2D eigenvalue weighted by Gasteiger charge is -2.10. The fourth-order valence-electron chi connectivity index (χ4n) is 2.21. The van der Waals surface area contributed by atoms with E-state index in [0.717, 1.165) is 11.5 Å². The van der Waals surface area contributed by atoms with Gasteiger partial charge in [-0.05, 0) is 32.4 Å². The first kappa shape index (κ1) is 22.4. The predicted molar refractivity (Wildman–Crippen MR) is 113 cm³/mol. The van der Waals surface area contributed by atoms with Crippen molar-refractivity contribution in [3.63, 3.8) is 0 Å². The van der Waals surface area contributed by atoms with Crippen molar-refractivity contribution in [2.75, 3.05) is 19.3 Å². The van der Waals surface area contributed by atoms with Crippen LogP contribution in [0.15, 0.2) is 44.6 Å². The summed E-state index contributed by atoms with van der Waals surface area (Å²) in [6.45, 7) is 4.67. The lowest BCUT2D eigenvalue weighted by molar-refractivity contribution is 0.463. The van der Waals surface area contributed by atoms with Crippen LogP contribution in [0.5, 0.6) is 0 Å². The molecular weight excluding hydrogens is 467 g/mol. The van der Waals surface area contributed by atoms with Crippen molar-refractivity contribution in [3.05, 3.63) is 47.7 Å². The largest absolute Gasteiger partial charge is 0.444 e. The highest BCUT2D eigenvalue weighted by Crippen LogP contribution is 2.10. The molecule has 0 saturated carbocycles. The molecule has 0 spiro atoms. The number of rotatable bonds is 7. The molecular formula is C17H25IN4O3S. The van der Waals surface area contributed by atoms with Crippen LogP contribution in [-0.4, -0.2) is 38.7 Å². The molecule has 0 bridgehead atoms. The Bertz CT molecular complexity index is 800. The van der Waals surface area contributed by atoms with Crippen molar-refractivity contribution < 1.29 is 12.8 Å². The summed E-state index contributed by atoms with van der Waals surface area (Å²) in [5, 5.41) is 6.18. The molecule has 1 heterocycles. The number of nitrogens with zero attached hydrogens (tertiary/aromatic N) is 2. The highest BCUT2D eigenvalue weighted by atomic mass is 127. The average Bonchev–Trinajstić information content (AvgIpc) is 2.93. The second-order valence-electron chi connectivity index (χ2n) is 5.59. The third kappa shape index (κ3) is 6.60. The number of halogens is 1. The topological polar surface area (TPSA) is 96.6 Å². The standard InChI is InChI=1S/C17H24N4O3S.HI/c1-13-14(2)24-16(21-13)12-20-17(18-3)19-10-7-11-25(22,23)15-8-5-4-6-9-15;/h4-6,8-9H,7,10-12H2,1-3H3,(H2,18,19,20);1H. The number of guanidine groups is 1. The van der Waals surface area contributed by atoms with Crippen LogP contribution in [-0.2, 0) is 16.4 Å². The van der Waals surface area contributed by atoms with Crippen LogP contribution >= 0.6 is 24.0 Å². The Labute approximate surface area is 171 Å². The van der Waals surface area contributed by atoms with Crippen LogP contribution in [0.25, 0.3) is 0 Å². The van der Waals surface area contributed by atoms with E-state index in [2.05, 4.69) is 20.6 Å². The van der Waals surface area contributed by atoms with Crippen LogP contribution < -0.4 is 10.6 Å². The van der Waals surface area contributed by atoms with Gasteiger partial charge in [0.05, 0.1) is 22.9 Å². The van der Waals surface area contributed by atoms with Gasteiger partial charge in [0.2, 0.25) is 5.89 Å². The molecule has 9 heteroatoms. The van der Waals surface area contributed by atoms with Crippen molar-refractivity contribution >= 4 is 39.8 Å². The first-order valence-electron chi connectivity index (χ1n) is 8.07. The molecule has 0 aliphatic carbocycles. The SMILES string of the molecule is CN=C(NCCCS(=O)(=O)c1ccccc1)NCc1nc(C)c(C)o1.I. The highest BCUT2D eigenvalue weighted by Gasteiger charge is 2.13. The Morgan fingerprint density at radius 2 is 1.88 bits per heavy atom. The number of aryl methyl sites for hydroxylation is 2. The van der Waals surface area contributed by atoms with Crippen LogP contribution in [0.2, 0.25) is 0 Å². The van der Waals surface area contributed by atoms with Gasteiger partial charge in [-0.1, -0.05) is 18.2 Å². The maximum Gasteiger partial charge on any atom is 0.214 e. The Kier molecular flexibility index (Phi) is 9.06. The van der Waals surface area contributed by atoms with E-state index in [1.807, 2.05) is 13.8 Å². The van der Waals surface area contributed by atoms with Gasteiger partial charge in [-0.2, -0.15) is 0 Å². The van der Waals surface area contributed by atoms with Gasteiger partial charge < -0.3 is 15.1 Å². The minimum atomic E-state index is -3.25. The van der Waals surface area contributed by atoms with Gasteiger partial charge in [0.15, 0.2) is 15.8 Å². The Hall–Kier alpha value is -1.62. The molecule has 2 N–H and O–H groups in total. The molecule has 26 heavy (non-hydrogen) atoms. The van der Waals surface area contributed by atoms with E-state index in [9.17, 15) is 8.42 Å². The monoisotopic (exact) mass is 492 g/mol. The van der Waals surface area contributed by atoms with Crippen LogP contribution in [0.4, 0.5) is 0 Å². The quantitative estimate of drug-likeness (QED) is 0.267. The van der Waals surface area contributed by atoms with Gasteiger partial charge in [0.1, 0.15) is 5.76 Å². The average molecular weight is 492 g/mol. The van der Waals surface area contributed by atoms with Crippen molar-refractivity contribution in [1.82, 2.24) is 15.6 Å². The third-order valence-electron chi connectivity index (χ3n) is 3.69. The molecule has 2 rings (SSSR count). The van der Waals surface area contributed by atoms with E-state index in [1.165, 1.54) is 0 Å². The zero-order valence-corrected chi connectivity index (χ0v) is 18.3. The second kappa shape index (κ2) is 10.5. The number of hydrogen-bond donors (Lipinski definition) is 2. The van der Waals surface area contributed by atoms with Crippen LogP contribution in [0.3, 0.4) is 0 Å². The van der Waals surface area contributed by atoms with E-state index in [4.69, 9.17) is 4.42 Å². The van der Waals surface area contributed by atoms with Gasteiger partial charge >= 0.3 is 0 Å². The normalized spacial score (nSPS) is 11.7. The molecule has 0 aliphatic heterocycles. The molecule has 1 aromatic heterocycles. The zero-order valence-electron chi connectivity index (χ0n) is 15.2. The first-order chi connectivity index (χ1) is 11.9. The lowest BCUT2D eigenvalue weighted by Crippen LogP contribution is -2.37. The van der Waals surface area contributed by atoms with E-state index >= 15 is 0 Å². The fourth-order valence-corrected chi connectivity index (χ4v) is 3.54. The maximum atomic E-state index is 12.2. The summed E-state index contributed by atoms with van der Waals surface area (Å²) in [4.78, 5) is 8.74. The summed E-state index contributed by atoms with van der Waals surface area (Å²) >= 11 is 0. The summed E-state index contributed by atoms with van der Waals surface area (Å²) in [7, 11) is -1.59. The van der Waals surface area contributed by atoms with E-state index in [-0.39, 0.29) is 29.7 Å². The van der Waals surface area contributed by atoms with Gasteiger partial charge in [-0.15, -0.1) is 24.0 Å². The number of hydrogen-bond acceptors (Lipinski definition) is 5. The molecule has 0 radical (unpaired) electrons. The molecule has 144 valence electrons. The molecule has 1 aromatic carbocycles. The summed E-state index contributed by atoms with van der Waals surface area (Å²) in [6, 6.07) is 8.48. The number of nitrogens with one attached hydrogen (secondary N) is 2. The van der Waals surface area contributed by atoms with Gasteiger partial charge in [0.25, 0.3) is 0 Å². The second-order valence-corrected chi connectivity index (χ2v) is 7.70. The van der Waals surface area contributed by atoms with E-state index in [1.54, 1.807) is 37.4 Å². The van der Waals surface area contributed by atoms with Gasteiger partial charge in [-0.25, -0.2) is 13.4 Å². The molecule has 7 nitrogen and oxygen atoms in total. The van der Waals surface area contributed by atoms with Crippen molar-refractivity contribution in [2.45, 2.75) is 31.7 Å². The summed E-state index contributed by atoms with van der Waals surface area (Å²) < 4.78 is 29.9. The number of benzene rings is 1.